The van der Waals surface area contributed by atoms with Crippen LogP contribution in [-0.2, 0) is 11.3 Å². The van der Waals surface area contributed by atoms with Gasteiger partial charge < -0.3 is 14.6 Å². The van der Waals surface area contributed by atoms with E-state index in [-0.39, 0.29) is 11.7 Å². The predicted molar refractivity (Wildman–Crippen MR) is 123 cm³/mol. The van der Waals surface area contributed by atoms with Crippen molar-refractivity contribution < 1.29 is 9.53 Å². The van der Waals surface area contributed by atoms with Crippen molar-refractivity contribution in [3.8, 4) is 17.1 Å². The van der Waals surface area contributed by atoms with E-state index in [1.807, 2.05) is 10.6 Å². The summed E-state index contributed by atoms with van der Waals surface area (Å²) < 4.78 is 7.12. The van der Waals surface area contributed by atoms with E-state index in [1.54, 1.807) is 43.5 Å². The van der Waals surface area contributed by atoms with Crippen molar-refractivity contribution in [1.82, 2.24) is 14.8 Å². The Labute approximate surface area is 189 Å². The minimum atomic E-state index is -0.129. The lowest BCUT2D eigenvalue weighted by Gasteiger charge is -2.13. The highest BCUT2D eigenvalue weighted by Crippen LogP contribution is 2.32. The molecule has 3 aromatic rings. The van der Waals surface area contributed by atoms with Crippen LogP contribution in [-0.4, -0.2) is 33.5 Å². The maximum Gasteiger partial charge on any atom is 0.234 e. The third-order valence-electron chi connectivity index (χ3n) is 4.14. The molecule has 0 saturated heterocycles. The van der Waals surface area contributed by atoms with Crippen molar-refractivity contribution in [3.63, 3.8) is 0 Å². The molecule has 1 aromatic heterocycles. The van der Waals surface area contributed by atoms with Crippen LogP contribution < -0.4 is 10.1 Å². The number of benzene rings is 2. The van der Waals surface area contributed by atoms with Gasteiger partial charge in [-0.05, 0) is 48.4 Å². The summed E-state index contributed by atoms with van der Waals surface area (Å²) in [6.45, 7) is 4.92. The molecule has 0 fully saturated rings. The van der Waals surface area contributed by atoms with Gasteiger partial charge in [-0.15, -0.1) is 10.2 Å². The molecule has 0 aliphatic carbocycles. The molecule has 158 valence electrons. The van der Waals surface area contributed by atoms with Gasteiger partial charge in [0.05, 0.1) is 17.9 Å². The summed E-state index contributed by atoms with van der Waals surface area (Å²) in [5.41, 5.74) is 1.46. The van der Waals surface area contributed by atoms with Gasteiger partial charge in [-0.2, -0.15) is 0 Å². The topological polar surface area (TPSA) is 69.0 Å². The number of nitrogens with zero attached hydrogens (tertiary/aromatic N) is 3. The Morgan fingerprint density at radius 3 is 2.53 bits per heavy atom. The van der Waals surface area contributed by atoms with Crippen LogP contribution in [0, 0.1) is 5.92 Å². The number of nitrogens with one attached hydrogen (secondary N) is 1. The van der Waals surface area contributed by atoms with E-state index in [9.17, 15) is 4.79 Å². The number of amides is 1. The van der Waals surface area contributed by atoms with Crippen molar-refractivity contribution >= 4 is 46.6 Å². The lowest BCUT2D eigenvalue weighted by atomic mass is 10.2. The van der Waals surface area contributed by atoms with E-state index in [0.29, 0.717) is 39.2 Å². The van der Waals surface area contributed by atoms with Crippen LogP contribution >= 0.6 is 35.0 Å². The molecule has 0 spiro atoms. The van der Waals surface area contributed by atoms with Crippen molar-refractivity contribution in [2.75, 3.05) is 18.2 Å². The van der Waals surface area contributed by atoms with Gasteiger partial charge in [0, 0.05) is 22.8 Å². The molecule has 1 amide bonds. The molecule has 2 aromatic carbocycles. The molecule has 9 heteroatoms. The minimum Gasteiger partial charge on any atom is -0.497 e. The number of carbonyl (C=O) groups is 1. The molecule has 0 bridgehead atoms. The first kappa shape index (κ1) is 22.5. The summed E-state index contributed by atoms with van der Waals surface area (Å²) in [6.07, 6.45) is 0. The summed E-state index contributed by atoms with van der Waals surface area (Å²) in [6, 6.07) is 12.5. The van der Waals surface area contributed by atoms with Crippen molar-refractivity contribution in [1.29, 1.82) is 0 Å². The molecule has 1 heterocycles. The Kier molecular flexibility index (Phi) is 7.64. The number of ether oxygens (including phenoxy) is 1. The van der Waals surface area contributed by atoms with Gasteiger partial charge in [0.1, 0.15) is 5.75 Å². The Balaban J connectivity index is 1.75. The van der Waals surface area contributed by atoms with E-state index in [0.717, 1.165) is 11.3 Å². The van der Waals surface area contributed by atoms with Crippen LogP contribution in [0.3, 0.4) is 0 Å². The fraction of sp³-hybridized carbons (Fsp3) is 0.286. The van der Waals surface area contributed by atoms with Crippen molar-refractivity contribution in [2.24, 2.45) is 5.92 Å². The van der Waals surface area contributed by atoms with Crippen molar-refractivity contribution in [3.05, 3.63) is 52.5 Å². The molecule has 0 aliphatic heterocycles. The number of rotatable bonds is 8. The molecule has 0 aliphatic rings. The Hall–Kier alpha value is -2.22. The first-order chi connectivity index (χ1) is 14.4. The average Bonchev–Trinajstić information content (AvgIpc) is 3.08. The van der Waals surface area contributed by atoms with E-state index < -0.39 is 0 Å². The van der Waals surface area contributed by atoms with Crippen LogP contribution in [0.15, 0.2) is 47.6 Å². The molecule has 0 unspecified atom stereocenters. The smallest absolute Gasteiger partial charge is 0.234 e. The molecule has 0 saturated carbocycles. The lowest BCUT2D eigenvalue weighted by Crippen LogP contribution is -2.15. The largest absolute Gasteiger partial charge is 0.497 e. The number of hydrogen-bond acceptors (Lipinski definition) is 5. The van der Waals surface area contributed by atoms with Gasteiger partial charge in [-0.1, -0.05) is 48.8 Å². The fourth-order valence-electron chi connectivity index (χ4n) is 2.80. The van der Waals surface area contributed by atoms with Crippen LogP contribution in [0.5, 0.6) is 5.75 Å². The van der Waals surface area contributed by atoms with E-state index in [1.165, 1.54) is 11.8 Å². The number of aromatic nitrogens is 3. The van der Waals surface area contributed by atoms with Gasteiger partial charge in [-0.25, -0.2) is 0 Å². The third kappa shape index (κ3) is 5.68. The number of anilines is 1. The quantitative estimate of drug-likeness (QED) is 0.436. The Bertz CT molecular complexity index is 1020. The first-order valence-electron chi connectivity index (χ1n) is 9.32. The zero-order chi connectivity index (χ0) is 21.7. The Morgan fingerprint density at radius 1 is 1.17 bits per heavy atom. The maximum atomic E-state index is 12.4. The summed E-state index contributed by atoms with van der Waals surface area (Å²) in [4.78, 5) is 12.4. The second-order valence-electron chi connectivity index (χ2n) is 7.00. The molecular formula is C21H22Cl2N4O2S. The SMILES string of the molecule is COc1ccc(NC(=O)CSc2nnc(-c3ccc(Cl)cc3Cl)n2CC(C)C)cc1. The highest BCUT2D eigenvalue weighted by Gasteiger charge is 2.18. The molecule has 0 atom stereocenters. The number of thioether (sulfide) groups is 1. The summed E-state index contributed by atoms with van der Waals surface area (Å²) in [5, 5.41) is 13.2. The number of methoxy groups -OCH3 is 1. The van der Waals surface area contributed by atoms with E-state index >= 15 is 0 Å². The summed E-state index contributed by atoms with van der Waals surface area (Å²) >= 11 is 13.7. The monoisotopic (exact) mass is 464 g/mol. The van der Waals surface area contributed by atoms with E-state index in [2.05, 4.69) is 29.4 Å². The molecular weight excluding hydrogens is 443 g/mol. The fourth-order valence-corrected chi connectivity index (χ4v) is 4.04. The van der Waals surface area contributed by atoms with Crippen LogP contribution in [0.25, 0.3) is 11.4 Å². The lowest BCUT2D eigenvalue weighted by molar-refractivity contribution is -0.113. The summed E-state index contributed by atoms with van der Waals surface area (Å²) in [5.74, 6) is 1.82. The first-order valence-corrected chi connectivity index (χ1v) is 11.1. The van der Waals surface area contributed by atoms with Gasteiger partial charge >= 0.3 is 0 Å². The van der Waals surface area contributed by atoms with Gasteiger partial charge in [0.25, 0.3) is 0 Å². The molecule has 6 nitrogen and oxygen atoms in total. The van der Waals surface area contributed by atoms with Gasteiger partial charge in [-0.3, -0.25) is 4.79 Å². The average molecular weight is 465 g/mol. The molecule has 1 N–H and O–H groups in total. The normalized spacial score (nSPS) is 11.0. The van der Waals surface area contributed by atoms with Gasteiger partial charge in [0.2, 0.25) is 5.91 Å². The van der Waals surface area contributed by atoms with Crippen LogP contribution in [0.4, 0.5) is 5.69 Å². The second-order valence-corrected chi connectivity index (χ2v) is 8.79. The van der Waals surface area contributed by atoms with Crippen molar-refractivity contribution in [2.45, 2.75) is 25.5 Å². The van der Waals surface area contributed by atoms with Gasteiger partial charge in [0.15, 0.2) is 11.0 Å². The van der Waals surface area contributed by atoms with Crippen LogP contribution in [0.1, 0.15) is 13.8 Å². The second kappa shape index (κ2) is 10.2. The minimum absolute atomic E-state index is 0.129. The number of halogens is 2. The zero-order valence-electron chi connectivity index (χ0n) is 16.9. The Morgan fingerprint density at radius 2 is 1.90 bits per heavy atom. The molecule has 0 radical (unpaired) electrons. The number of hydrogen-bond donors (Lipinski definition) is 1. The van der Waals surface area contributed by atoms with Crippen LogP contribution in [0.2, 0.25) is 10.0 Å². The zero-order valence-corrected chi connectivity index (χ0v) is 19.2. The third-order valence-corrected chi connectivity index (χ3v) is 5.66. The van der Waals surface area contributed by atoms with E-state index in [4.69, 9.17) is 27.9 Å². The maximum absolute atomic E-state index is 12.4. The molecule has 3 rings (SSSR count). The highest BCUT2D eigenvalue weighted by atomic mass is 35.5. The number of carbonyl (C=O) groups excluding carboxylic acids is 1. The molecule has 30 heavy (non-hydrogen) atoms. The highest BCUT2D eigenvalue weighted by molar-refractivity contribution is 7.99. The summed E-state index contributed by atoms with van der Waals surface area (Å²) in [7, 11) is 1.60. The standard InChI is InChI=1S/C21H22Cl2N4O2S/c1-13(2)11-27-20(17-9-4-14(22)10-18(17)23)25-26-21(27)30-12-19(28)24-15-5-7-16(29-3)8-6-15/h4-10,13H,11-12H2,1-3H3,(H,24,28). The predicted octanol–water partition coefficient (Wildman–Crippen LogP) is 5.65.